The Morgan fingerprint density at radius 2 is 1.52 bits per heavy atom. The van der Waals surface area contributed by atoms with Crippen LogP contribution in [0.15, 0.2) is 79.0 Å². The second kappa shape index (κ2) is 12.4. The number of fused-ring (bicyclic) bond motifs is 1. The molecule has 224 valence electrons. The van der Waals surface area contributed by atoms with Crippen molar-refractivity contribution in [1.29, 1.82) is 0 Å². The molecule has 0 saturated heterocycles. The van der Waals surface area contributed by atoms with Crippen LogP contribution in [0.3, 0.4) is 0 Å². The van der Waals surface area contributed by atoms with Gasteiger partial charge in [0, 0.05) is 30.6 Å². The first-order chi connectivity index (χ1) is 19.7. The monoisotopic (exact) mass is 587 g/mol. The number of amides is 1. The van der Waals surface area contributed by atoms with E-state index in [9.17, 15) is 9.59 Å². The summed E-state index contributed by atoms with van der Waals surface area (Å²) in [4.78, 5) is 27.6. The average Bonchev–Trinajstić information content (AvgIpc) is 3.34. The SMILES string of the molecule is C=C(CCC(=O)n1cc2c(n1)CC(C)N(C(=O)OC(C)(C)C)C2)CO[Si](c1ccccc1)(c1ccccc1)C(C)(C)C. The van der Waals surface area contributed by atoms with Crippen LogP contribution in [0.4, 0.5) is 4.79 Å². The van der Waals surface area contributed by atoms with E-state index < -0.39 is 13.9 Å². The van der Waals surface area contributed by atoms with Crippen LogP contribution in [0, 0.1) is 0 Å². The largest absolute Gasteiger partial charge is 0.444 e. The topological polar surface area (TPSA) is 73.7 Å². The van der Waals surface area contributed by atoms with Crippen molar-refractivity contribution in [3.8, 4) is 0 Å². The Bertz CT molecular complexity index is 1360. The summed E-state index contributed by atoms with van der Waals surface area (Å²) in [6.07, 6.45) is 2.75. The zero-order valence-corrected chi connectivity index (χ0v) is 27.1. The van der Waals surface area contributed by atoms with Gasteiger partial charge in [0.1, 0.15) is 5.60 Å². The Balaban J connectivity index is 1.43. The molecule has 1 unspecified atom stereocenters. The lowest BCUT2D eigenvalue weighted by Gasteiger charge is -2.43. The zero-order chi connectivity index (χ0) is 30.7. The third-order valence-electron chi connectivity index (χ3n) is 7.72. The van der Waals surface area contributed by atoms with Gasteiger partial charge in [-0.2, -0.15) is 5.10 Å². The molecule has 1 aliphatic rings. The van der Waals surface area contributed by atoms with Gasteiger partial charge in [-0.1, -0.05) is 93.6 Å². The van der Waals surface area contributed by atoms with E-state index in [1.165, 1.54) is 15.1 Å². The molecule has 0 aliphatic carbocycles. The third kappa shape index (κ3) is 6.93. The van der Waals surface area contributed by atoms with Crippen LogP contribution >= 0.6 is 0 Å². The van der Waals surface area contributed by atoms with E-state index in [0.717, 1.165) is 16.8 Å². The first kappa shape index (κ1) is 31.4. The number of nitrogens with zero attached hydrogens (tertiary/aromatic N) is 3. The second-order valence-corrected chi connectivity index (χ2v) is 17.6. The quantitative estimate of drug-likeness (QED) is 0.235. The van der Waals surface area contributed by atoms with E-state index in [1.807, 2.05) is 39.8 Å². The molecule has 0 bridgehead atoms. The molecular weight excluding hydrogens is 542 g/mol. The minimum atomic E-state index is -2.68. The maximum absolute atomic E-state index is 13.2. The van der Waals surface area contributed by atoms with E-state index in [-0.39, 0.29) is 29.5 Å². The Hall–Kier alpha value is -3.49. The van der Waals surface area contributed by atoms with Crippen LogP contribution in [0.5, 0.6) is 0 Å². The third-order valence-corrected chi connectivity index (χ3v) is 12.7. The summed E-state index contributed by atoms with van der Waals surface area (Å²) < 4.78 is 14.0. The van der Waals surface area contributed by atoms with E-state index in [1.54, 1.807) is 11.1 Å². The Labute approximate surface area is 251 Å². The molecule has 1 amide bonds. The molecule has 0 saturated carbocycles. The molecule has 1 aromatic heterocycles. The highest BCUT2D eigenvalue weighted by atomic mass is 28.4. The fourth-order valence-electron chi connectivity index (χ4n) is 5.61. The molecular formula is C34H45N3O4Si. The summed E-state index contributed by atoms with van der Waals surface area (Å²) in [5.41, 5.74) is 2.03. The fraction of sp³-hybridized carbons (Fsp3) is 0.441. The second-order valence-electron chi connectivity index (χ2n) is 13.3. The van der Waals surface area contributed by atoms with Crippen LogP contribution in [0.25, 0.3) is 0 Å². The van der Waals surface area contributed by atoms with Gasteiger partial charge in [-0.15, -0.1) is 0 Å². The number of hydrogen-bond acceptors (Lipinski definition) is 5. The standard InChI is InChI=1S/C34H45N3O4Si/c1-25(24-40-42(34(6,7)8,28-15-11-9-12-16-28)29-17-13-10-14-18-29)19-20-31(38)37-23-27-22-36(26(2)21-30(27)35-37)32(39)41-33(3,4)5/h9-18,23,26H,1,19-22,24H2,2-8H3. The van der Waals surface area contributed by atoms with Crippen molar-refractivity contribution in [2.75, 3.05) is 6.61 Å². The molecule has 2 aromatic carbocycles. The molecule has 1 atom stereocenters. The van der Waals surface area contributed by atoms with E-state index in [0.29, 0.717) is 26.0 Å². The number of hydrogen-bond donors (Lipinski definition) is 0. The van der Waals surface area contributed by atoms with Gasteiger partial charge in [0.05, 0.1) is 18.8 Å². The minimum Gasteiger partial charge on any atom is -0.444 e. The van der Waals surface area contributed by atoms with Gasteiger partial charge in [-0.3, -0.25) is 4.79 Å². The fourth-order valence-corrected chi connectivity index (χ4v) is 10.2. The number of carbonyl (C=O) groups is 2. The molecule has 0 spiro atoms. The highest BCUT2D eigenvalue weighted by molar-refractivity contribution is 6.99. The van der Waals surface area contributed by atoms with Crippen LogP contribution in [0.1, 0.15) is 77.4 Å². The summed E-state index contributed by atoms with van der Waals surface area (Å²) in [5, 5.41) is 6.87. The molecule has 8 heteroatoms. The number of ether oxygens (including phenoxy) is 1. The summed E-state index contributed by atoms with van der Waals surface area (Å²) >= 11 is 0. The van der Waals surface area contributed by atoms with Gasteiger partial charge in [-0.05, 0) is 49.5 Å². The molecule has 0 N–H and O–H groups in total. The van der Waals surface area contributed by atoms with Gasteiger partial charge >= 0.3 is 6.09 Å². The van der Waals surface area contributed by atoms with Crippen molar-refractivity contribution in [2.24, 2.45) is 0 Å². The average molecular weight is 588 g/mol. The normalized spacial score (nSPS) is 15.7. The van der Waals surface area contributed by atoms with Crippen molar-refractivity contribution in [3.05, 3.63) is 90.3 Å². The summed E-state index contributed by atoms with van der Waals surface area (Å²) in [6.45, 7) is 19.3. The highest BCUT2D eigenvalue weighted by Gasteiger charge is 2.50. The van der Waals surface area contributed by atoms with Gasteiger partial charge in [0.2, 0.25) is 5.91 Å². The van der Waals surface area contributed by atoms with Crippen LogP contribution in [0.2, 0.25) is 5.04 Å². The molecule has 3 aromatic rings. The van der Waals surface area contributed by atoms with Crippen molar-refractivity contribution in [3.63, 3.8) is 0 Å². The predicted molar refractivity (Wildman–Crippen MR) is 170 cm³/mol. The van der Waals surface area contributed by atoms with Crippen molar-refractivity contribution < 1.29 is 18.8 Å². The van der Waals surface area contributed by atoms with E-state index in [4.69, 9.17) is 9.16 Å². The molecule has 2 heterocycles. The number of carbonyl (C=O) groups excluding carboxylic acids is 2. The minimum absolute atomic E-state index is 0.0655. The number of benzene rings is 2. The molecule has 42 heavy (non-hydrogen) atoms. The molecule has 7 nitrogen and oxygen atoms in total. The summed E-state index contributed by atoms with van der Waals surface area (Å²) in [5.74, 6) is -0.104. The van der Waals surface area contributed by atoms with E-state index >= 15 is 0 Å². The first-order valence-corrected chi connectivity index (χ1v) is 16.6. The summed E-state index contributed by atoms with van der Waals surface area (Å²) in [7, 11) is -2.68. The van der Waals surface area contributed by atoms with Crippen LogP contribution in [-0.2, 0) is 22.1 Å². The van der Waals surface area contributed by atoms with Gasteiger partial charge in [0.15, 0.2) is 0 Å². The number of rotatable bonds is 8. The zero-order valence-electron chi connectivity index (χ0n) is 26.1. The van der Waals surface area contributed by atoms with Crippen molar-refractivity contribution >= 4 is 30.7 Å². The van der Waals surface area contributed by atoms with E-state index in [2.05, 4.69) is 81.0 Å². The van der Waals surface area contributed by atoms with Gasteiger partial charge in [-0.25, -0.2) is 9.48 Å². The maximum Gasteiger partial charge on any atom is 0.410 e. The van der Waals surface area contributed by atoms with Crippen LogP contribution < -0.4 is 10.4 Å². The first-order valence-electron chi connectivity index (χ1n) is 14.7. The Morgan fingerprint density at radius 3 is 2.05 bits per heavy atom. The highest BCUT2D eigenvalue weighted by Crippen LogP contribution is 2.37. The molecule has 0 radical (unpaired) electrons. The lowest BCUT2D eigenvalue weighted by atomic mass is 10.0. The predicted octanol–water partition coefficient (Wildman–Crippen LogP) is 6.12. The lowest BCUT2D eigenvalue weighted by Crippen LogP contribution is -2.66. The van der Waals surface area contributed by atoms with Gasteiger partial charge < -0.3 is 14.1 Å². The summed E-state index contributed by atoms with van der Waals surface area (Å²) in [6, 6.07) is 20.9. The molecule has 4 rings (SSSR count). The Morgan fingerprint density at radius 1 is 0.952 bits per heavy atom. The van der Waals surface area contributed by atoms with Crippen molar-refractivity contribution in [1.82, 2.24) is 14.7 Å². The molecule has 0 fully saturated rings. The van der Waals surface area contributed by atoms with Gasteiger partial charge in [0.25, 0.3) is 8.32 Å². The lowest BCUT2D eigenvalue weighted by molar-refractivity contribution is 0.0137. The Kier molecular flexibility index (Phi) is 9.28. The van der Waals surface area contributed by atoms with Crippen LogP contribution in [-0.4, -0.2) is 53.2 Å². The molecule has 1 aliphatic heterocycles. The van der Waals surface area contributed by atoms with Crippen molar-refractivity contribution in [2.45, 2.75) is 91.0 Å². The number of aromatic nitrogens is 2. The smallest absolute Gasteiger partial charge is 0.410 e. The maximum atomic E-state index is 13.2.